The predicted molar refractivity (Wildman–Crippen MR) is 91.3 cm³/mol. The van der Waals surface area contributed by atoms with E-state index in [2.05, 4.69) is 10.6 Å². The SMILES string of the molecule is COc1ccc(C)cc1NCC(=O)Nc1cc(Cl)cc(Cl)c1. The zero-order valence-corrected chi connectivity index (χ0v) is 13.8. The summed E-state index contributed by atoms with van der Waals surface area (Å²) in [6.45, 7) is 2.07. The highest BCUT2D eigenvalue weighted by atomic mass is 35.5. The summed E-state index contributed by atoms with van der Waals surface area (Å²) in [6.07, 6.45) is 0. The monoisotopic (exact) mass is 338 g/mol. The van der Waals surface area contributed by atoms with Crippen molar-refractivity contribution in [1.82, 2.24) is 0 Å². The molecule has 0 aromatic heterocycles. The summed E-state index contributed by atoms with van der Waals surface area (Å²) < 4.78 is 5.25. The molecule has 0 radical (unpaired) electrons. The first-order valence-corrected chi connectivity index (χ1v) is 7.38. The van der Waals surface area contributed by atoms with Crippen molar-refractivity contribution >= 4 is 40.5 Å². The molecule has 0 heterocycles. The van der Waals surface area contributed by atoms with E-state index >= 15 is 0 Å². The number of halogens is 2. The Morgan fingerprint density at radius 1 is 1.14 bits per heavy atom. The molecule has 0 saturated heterocycles. The van der Waals surface area contributed by atoms with Gasteiger partial charge in [0.1, 0.15) is 5.75 Å². The minimum Gasteiger partial charge on any atom is -0.495 e. The number of hydrogen-bond acceptors (Lipinski definition) is 3. The topological polar surface area (TPSA) is 50.4 Å². The smallest absolute Gasteiger partial charge is 0.243 e. The Balaban J connectivity index is 1.99. The van der Waals surface area contributed by atoms with Gasteiger partial charge in [0.2, 0.25) is 5.91 Å². The van der Waals surface area contributed by atoms with Crippen molar-refractivity contribution < 1.29 is 9.53 Å². The summed E-state index contributed by atoms with van der Waals surface area (Å²) in [4.78, 5) is 12.0. The Bertz CT molecular complexity index is 670. The lowest BCUT2D eigenvalue weighted by molar-refractivity contribution is -0.114. The van der Waals surface area contributed by atoms with Crippen LogP contribution in [-0.4, -0.2) is 19.6 Å². The Morgan fingerprint density at radius 2 is 1.82 bits per heavy atom. The van der Waals surface area contributed by atoms with Gasteiger partial charge in [-0.05, 0) is 42.8 Å². The molecule has 0 aliphatic carbocycles. The van der Waals surface area contributed by atoms with Gasteiger partial charge < -0.3 is 15.4 Å². The number of ether oxygens (including phenoxy) is 1. The average Bonchev–Trinajstić information content (AvgIpc) is 2.44. The summed E-state index contributed by atoms with van der Waals surface area (Å²) in [5.74, 6) is 0.478. The second kappa shape index (κ2) is 7.38. The quantitative estimate of drug-likeness (QED) is 0.851. The Morgan fingerprint density at radius 3 is 2.45 bits per heavy atom. The zero-order chi connectivity index (χ0) is 16.1. The van der Waals surface area contributed by atoms with Crippen molar-refractivity contribution in [2.24, 2.45) is 0 Å². The fraction of sp³-hybridized carbons (Fsp3) is 0.188. The molecule has 0 saturated carbocycles. The molecule has 0 aliphatic heterocycles. The maximum atomic E-state index is 12.0. The molecule has 0 unspecified atom stereocenters. The number of rotatable bonds is 5. The number of benzene rings is 2. The molecule has 116 valence electrons. The third-order valence-corrected chi connectivity index (χ3v) is 3.38. The standard InChI is InChI=1S/C16H16Cl2N2O2/c1-10-3-4-15(22-2)14(5-10)19-9-16(21)20-13-7-11(17)6-12(18)8-13/h3-8,19H,9H2,1-2H3,(H,20,21). The third-order valence-electron chi connectivity index (χ3n) is 2.94. The van der Waals surface area contributed by atoms with Gasteiger partial charge in [-0.1, -0.05) is 29.3 Å². The summed E-state index contributed by atoms with van der Waals surface area (Å²) in [5.41, 5.74) is 2.40. The van der Waals surface area contributed by atoms with Gasteiger partial charge in [0.15, 0.2) is 0 Å². The minimum atomic E-state index is -0.207. The van der Waals surface area contributed by atoms with Gasteiger partial charge in [0.25, 0.3) is 0 Å². The van der Waals surface area contributed by atoms with Gasteiger partial charge in [0.05, 0.1) is 19.3 Å². The third kappa shape index (κ3) is 4.55. The summed E-state index contributed by atoms with van der Waals surface area (Å²) in [6, 6.07) is 10.6. The van der Waals surface area contributed by atoms with Crippen LogP contribution in [-0.2, 0) is 4.79 Å². The fourth-order valence-corrected chi connectivity index (χ4v) is 2.49. The van der Waals surface area contributed by atoms with Crippen LogP contribution in [0.1, 0.15) is 5.56 Å². The molecule has 6 heteroatoms. The van der Waals surface area contributed by atoms with Crippen molar-refractivity contribution in [2.45, 2.75) is 6.92 Å². The number of anilines is 2. The first-order valence-electron chi connectivity index (χ1n) is 6.62. The molecule has 2 N–H and O–H groups in total. The first kappa shape index (κ1) is 16.5. The van der Waals surface area contributed by atoms with Crippen molar-refractivity contribution in [3.05, 3.63) is 52.0 Å². The second-order valence-corrected chi connectivity index (χ2v) is 5.64. The van der Waals surface area contributed by atoms with E-state index in [-0.39, 0.29) is 12.5 Å². The fourth-order valence-electron chi connectivity index (χ4n) is 1.97. The summed E-state index contributed by atoms with van der Waals surface area (Å²) >= 11 is 11.8. The number of nitrogens with one attached hydrogen (secondary N) is 2. The molecule has 0 bridgehead atoms. The van der Waals surface area contributed by atoms with Crippen LogP contribution in [0, 0.1) is 6.92 Å². The number of carbonyl (C=O) groups excluding carboxylic acids is 1. The zero-order valence-electron chi connectivity index (χ0n) is 12.2. The molecule has 1 amide bonds. The van der Waals surface area contributed by atoms with E-state index in [1.807, 2.05) is 25.1 Å². The molecule has 0 spiro atoms. The van der Waals surface area contributed by atoms with Crippen LogP contribution < -0.4 is 15.4 Å². The van der Waals surface area contributed by atoms with Gasteiger partial charge in [-0.15, -0.1) is 0 Å². The van der Waals surface area contributed by atoms with E-state index in [0.717, 1.165) is 11.3 Å². The number of methoxy groups -OCH3 is 1. The average molecular weight is 339 g/mol. The van der Waals surface area contributed by atoms with E-state index in [9.17, 15) is 4.79 Å². The van der Waals surface area contributed by atoms with Crippen molar-refractivity contribution in [2.75, 3.05) is 24.3 Å². The van der Waals surface area contributed by atoms with Crippen LogP contribution >= 0.6 is 23.2 Å². The minimum absolute atomic E-state index is 0.101. The Kier molecular flexibility index (Phi) is 5.52. The highest BCUT2D eigenvalue weighted by Gasteiger charge is 2.07. The van der Waals surface area contributed by atoms with Crippen LogP contribution in [0.2, 0.25) is 10.0 Å². The number of carbonyl (C=O) groups is 1. The largest absolute Gasteiger partial charge is 0.495 e. The van der Waals surface area contributed by atoms with Gasteiger partial charge in [-0.25, -0.2) is 0 Å². The van der Waals surface area contributed by atoms with Crippen LogP contribution in [0.15, 0.2) is 36.4 Å². The van der Waals surface area contributed by atoms with E-state index in [1.165, 1.54) is 0 Å². The van der Waals surface area contributed by atoms with Crippen LogP contribution in [0.25, 0.3) is 0 Å². The molecule has 22 heavy (non-hydrogen) atoms. The van der Waals surface area contributed by atoms with Crippen LogP contribution in [0.4, 0.5) is 11.4 Å². The molecule has 0 aliphatic rings. The lowest BCUT2D eigenvalue weighted by atomic mass is 10.2. The lowest BCUT2D eigenvalue weighted by Crippen LogP contribution is -2.22. The van der Waals surface area contributed by atoms with Gasteiger partial charge >= 0.3 is 0 Å². The van der Waals surface area contributed by atoms with E-state index in [4.69, 9.17) is 27.9 Å². The normalized spacial score (nSPS) is 10.2. The molecule has 2 aromatic rings. The van der Waals surface area contributed by atoms with Crippen molar-refractivity contribution in [3.8, 4) is 5.75 Å². The maximum Gasteiger partial charge on any atom is 0.243 e. The lowest BCUT2D eigenvalue weighted by Gasteiger charge is -2.12. The van der Waals surface area contributed by atoms with Gasteiger partial charge in [0, 0.05) is 15.7 Å². The molecular formula is C16H16Cl2N2O2. The molecular weight excluding hydrogens is 323 g/mol. The maximum absolute atomic E-state index is 12.0. The number of amides is 1. The number of hydrogen-bond donors (Lipinski definition) is 2. The highest BCUT2D eigenvalue weighted by molar-refractivity contribution is 6.35. The van der Waals surface area contributed by atoms with Gasteiger partial charge in [-0.3, -0.25) is 4.79 Å². The second-order valence-electron chi connectivity index (χ2n) is 4.76. The van der Waals surface area contributed by atoms with Crippen LogP contribution in [0.5, 0.6) is 5.75 Å². The summed E-state index contributed by atoms with van der Waals surface area (Å²) in [7, 11) is 1.59. The van der Waals surface area contributed by atoms with E-state index in [1.54, 1.807) is 25.3 Å². The highest BCUT2D eigenvalue weighted by Crippen LogP contribution is 2.25. The molecule has 2 aromatic carbocycles. The predicted octanol–water partition coefficient (Wildman–Crippen LogP) is 4.36. The Hall–Kier alpha value is -1.91. The first-order chi connectivity index (χ1) is 10.5. The molecule has 4 nitrogen and oxygen atoms in total. The van der Waals surface area contributed by atoms with Crippen molar-refractivity contribution in [1.29, 1.82) is 0 Å². The number of aryl methyl sites for hydroxylation is 1. The van der Waals surface area contributed by atoms with Crippen molar-refractivity contribution in [3.63, 3.8) is 0 Å². The van der Waals surface area contributed by atoms with Gasteiger partial charge in [-0.2, -0.15) is 0 Å². The Labute approximate surface area is 139 Å². The van der Waals surface area contributed by atoms with E-state index < -0.39 is 0 Å². The van der Waals surface area contributed by atoms with E-state index in [0.29, 0.717) is 21.5 Å². The van der Waals surface area contributed by atoms with Crippen LogP contribution in [0.3, 0.4) is 0 Å². The molecule has 2 rings (SSSR count). The molecule has 0 atom stereocenters. The molecule has 0 fully saturated rings. The summed E-state index contributed by atoms with van der Waals surface area (Å²) in [5, 5.41) is 6.72.